The first kappa shape index (κ1) is 14.3. The third kappa shape index (κ3) is 3.69. The summed E-state index contributed by atoms with van der Waals surface area (Å²) in [5, 5.41) is 8.77. The number of nitrogens with one attached hydrogen (secondary N) is 3. The Morgan fingerprint density at radius 1 is 1.50 bits per heavy atom. The van der Waals surface area contributed by atoms with Crippen molar-refractivity contribution in [2.24, 2.45) is 0 Å². The fourth-order valence-corrected chi connectivity index (χ4v) is 2.22. The van der Waals surface area contributed by atoms with E-state index in [0.29, 0.717) is 24.3 Å². The molecule has 0 bridgehead atoms. The van der Waals surface area contributed by atoms with E-state index in [1.165, 1.54) is 0 Å². The second-order valence-corrected chi connectivity index (χ2v) is 4.93. The minimum absolute atomic E-state index is 0.0441. The van der Waals surface area contributed by atoms with E-state index in [2.05, 4.69) is 20.9 Å². The second kappa shape index (κ2) is 6.36. The highest BCUT2D eigenvalue weighted by Crippen LogP contribution is 2.10. The summed E-state index contributed by atoms with van der Waals surface area (Å²) in [4.78, 5) is 27.5. The first-order valence-electron chi connectivity index (χ1n) is 6.88. The van der Waals surface area contributed by atoms with E-state index in [0.717, 1.165) is 18.7 Å². The molecule has 1 aromatic rings. The molecule has 1 atom stereocenters. The highest BCUT2D eigenvalue weighted by atomic mass is 16.2. The zero-order valence-electron chi connectivity index (χ0n) is 11.8. The lowest BCUT2D eigenvalue weighted by molar-refractivity contribution is -0.119. The minimum atomic E-state index is -0.143. The van der Waals surface area contributed by atoms with E-state index < -0.39 is 0 Å². The molecule has 0 radical (unpaired) electrons. The van der Waals surface area contributed by atoms with Gasteiger partial charge in [0.25, 0.3) is 5.91 Å². The molecule has 2 amide bonds. The highest BCUT2D eigenvalue weighted by Gasteiger charge is 2.21. The van der Waals surface area contributed by atoms with Crippen LogP contribution in [-0.2, 0) is 4.79 Å². The molecule has 0 aromatic carbocycles. The van der Waals surface area contributed by atoms with Gasteiger partial charge in [0.05, 0.1) is 0 Å². The fourth-order valence-electron chi connectivity index (χ4n) is 2.22. The number of nitrogens with zero attached hydrogens (tertiary/aromatic N) is 1. The summed E-state index contributed by atoms with van der Waals surface area (Å²) < 4.78 is 0. The van der Waals surface area contributed by atoms with Crippen LogP contribution in [0.15, 0.2) is 12.1 Å². The molecular weight excluding hydrogens is 256 g/mol. The molecule has 2 rings (SSSR count). The summed E-state index contributed by atoms with van der Waals surface area (Å²) in [5.41, 5.74) is 1.38. The summed E-state index contributed by atoms with van der Waals surface area (Å²) in [6, 6.07) is 3.53. The molecule has 6 nitrogen and oxygen atoms in total. The van der Waals surface area contributed by atoms with Crippen LogP contribution in [0.3, 0.4) is 0 Å². The molecule has 1 aliphatic rings. The van der Waals surface area contributed by atoms with Crippen LogP contribution in [0.4, 0.5) is 5.82 Å². The third-order valence-electron chi connectivity index (χ3n) is 3.17. The number of carbonyl (C=O) groups is 2. The molecule has 1 aliphatic heterocycles. The zero-order chi connectivity index (χ0) is 14.5. The Labute approximate surface area is 118 Å². The van der Waals surface area contributed by atoms with E-state index >= 15 is 0 Å². The summed E-state index contributed by atoms with van der Waals surface area (Å²) in [7, 11) is 0. The molecule has 1 unspecified atom stereocenters. The van der Waals surface area contributed by atoms with Crippen molar-refractivity contribution in [3.63, 3.8) is 0 Å². The Hall–Kier alpha value is -2.11. The van der Waals surface area contributed by atoms with E-state index in [-0.39, 0.29) is 17.9 Å². The zero-order valence-corrected chi connectivity index (χ0v) is 11.8. The van der Waals surface area contributed by atoms with Crippen molar-refractivity contribution in [3.8, 4) is 0 Å². The molecule has 1 fully saturated rings. The van der Waals surface area contributed by atoms with Crippen LogP contribution < -0.4 is 16.0 Å². The summed E-state index contributed by atoms with van der Waals surface area (Å²) >= 11 is 0. The second-order valence-electron chi connectivity index (χ2n) is 4.93. The standard InChI is InChI=1S/C14H20N4O2/c1-3-15-12-7-10(6-9(2)17-12)14(20)16-8-11-4-5-13(19)18-11/h6-7,11H,3-5,8H2,1-2H3,(H,15,17)(H,16,20)(H,18,19). The van der Waals surface area contributed by atoms with Crippen molar-refractivity contribution >= 4 is 17.6 Å². The monoisotopic (exact) mass is 276 g/mol. The van der Waals surface area contributed by atoms with E-state index in [1.807, 2.05) is 13.8 Å². The van der Waals surface area contributed by atoms with Gasteiger partial charge in [0, 0.05) is 36.8 Å². The maximum atomic E-state index is 12.1. The van der Waals surface area contributed by atoms with Gasteiger partial charge in [-0.15, -0.1) is 0 Å². The molecule has 108 valence electrons. The molecule has 6 heteroatoms. The molecule has 3 N–H and O–H groups in total. The Morgan fingerprint density at radius 3 is 2.95 bits per heavy atom. The largest absolute Gasteiger partial charge is 0.370 e. The number of pyridine rings is 1. The number of amides is 2. The number of aromatic nitrogens is 1. The molecule has 0 saturated carbocycles. The smallest absolute Gasteiger partial charge is 0.251 e. The van der Waals surface area contributed by atoms with Crippen molar-refractivity contribution in [2.75, 3.05) is 18.4 Å². The molecule has 0 aliphatic carbocycles. The maximum absolute atomic E-state index is 12.1. The van der Waals surface area contributed by atoms with Gasteiger partial charge in [0.1, 0.15) is 5.82 Å². The van der Waals surface area contributed by atoms with Crippen molar-refractivity contribution in [1.82, 2.24) is 15.6 Å². The quantitative estimate of drug-likeness (QED) is 0.744. The third-order valence-corrected chi connectivity index (χ3v) is 3.17. The Kier molecular flexibility index (Phi) is 4.55. The molecule has 2 heterocycles. The minimum Gasteiger partial charge on any atom is -0.370 e. The molecule has 1 saturated heterocycles. The number of carbonyl (C=O) groups excluding carboxylic acids is 2. The first-order chi connectivity index (χ1) is 9.58. The van der Waals surface area contributed by atoms with Gasteiger partial charge in [-0.05, 0) is 32.4 Å². The lowest BCUT2D eigenvalue weighted by atomic mass is 10.2. The Bertz CT molecular complexity index is 516. The van der Waals surface area contributed by atoms with Gasteiger partial charge in [0.2, 0.25) is 5.91 Å². The Morgan fingerprint density at radius 2 is 2.30 bits per heavy atom. The van der Waals surface area contributed by atoms with Gasteiger partial charge < -0.3 is 16.0 Å². The van der Waals surface area contributed by atoms with E-state index in [1.54, 1.807) is 12.1 Å². The predicted molar refractivity (Wildman–Crippen MR) is 76.6 cm³/mol. The van der Waals surface area contributed by atoms with Crippen molar-refractivity contribution < 1.29 is 9.59 Å². The van der Waals surface area contributed by atoms with Gasteiger partial charge in [0.15, 0.2) is 0 Å². The summed E-state index contributed by atoms with van der Waals surface area (Å²) in [6.45, 7) is 5.05. The SMILES string of the molecule is CCNc1cc(C(=O)NCC2CCC(=O)N2)cc(C)n1. The number of aryl methyl sites for hydroxylation is 1. The van der Waals surface area contributed by atoms with Crippen LogP contribution in [0.2, 0.25) is 0 Å². The molecule has 1 aromatic heterocycles. The lowest BCUT2D eigenvalue weighted by Crippen LogP contribution is -2.38. The van der Waals surface area contributed by atoms with Gasteiger partial charge in [-0.2, -0.15) is 0 Å². The van der Waals surface area contributed by atoms with Crippen molar-refractivity contribution in [1.29, 1.82) is 0 Å². The topological polar surface area (TPSA) is 83.1 Å². The Balaban J connectivity index is 1.96. The van der Waals surface area contributed by atoms with Gasteiger partial charge >= 0.3 is 0 Å². The van der Waals surface area contributed by atoms with E-state index in [9.17, 15) is 9.59 Å². The predicted octanol–water partition coefficient (Wildman–Crippen LogP) is 0.830. The van der Waals surface area contributed by atoms with E-state index in [4.69, 9.17) is 0 Å². The number of rotatable bonds is 5. The molecule has 20 heavy (non-hydrogen) atoms. The number of hydrogen-bond donors (Lipinski definition) is 3. The summed E-state index contributed by atoms with van der Waals surface area (Å²) in [6.07, 6.45) is 1.32. The fraction of sp³-hybridized carbons (Fsp3) is 0.500. The van der Waals surface area contributed by atoms with Crippen LogP contribution in [0.1, 0.15) is 35.8 Å². The number of hydrogen-bond acceptors (Lipinski definition) is 4. The highest BCUT2D eigenvalue weighted by molar-refractivity contribution is 5.95. The molecule has 0 spiro atoms. The average Bonchev–Trinajstić information content (AvgIpc) is 2.81. The number of anilines is 1. The normalized spacial score (nSPS) is 17.7. The average molecular weight is 276 g/mol. The van der Waals surface area contributed by atoms with Gasteiger partial charge in [-0.3, -0.25) is 9.59 Å². The lowest BCUT2D eigenvalue weighted by Gasteiger charge is -2.12. The van der Waals surface area contributed by atoms with Crippen LogP contribution in [0.5, 0.6) is 0 Å². The van der Waals surface area contributed by atoms with Crippen LogP contribution >= 0.6 is 0 Å². The van der Waals surface area contributed by atoms with Crippen LogP contribution in [0, 0.1) is 6.92 Å². The first-order valence-corrected chi connectivity index (χ1v) is 6.88. The van der Waals surface area contributed by atoms with Crippen LogP contribution in [0.25, 0.3) is 0 Å². The summed E-state index contributed by atoms with van der Waals surface area (Å²) in [5.74, 6) is 0.612. The van der Waals surface area contributed by atoms with Crippen molar-refractivity contribution in [2.45, 2.75) is 32.7 Å². The van der Waals surface area contributed by atoms with Gasteiger partial charge in [-0.1, -0.05) is 0 Å². The van der Waals surface area contributed by atoms with Gasteiger partial charge in [-0.25, -0.2) is 4.98 Å². The maximum Gasteiger partial charge on any atom is 0.251 e. The molecular formula is C14H20N4O2. The van der Waals surface area contributed by atoms with Crippen molar-refractivity contribution in [3.05, 3.63) is 23.4 Å². The van der Waals surface area contributed by atoms with Crippen LogP contribution in [-0.4, -0.2) is 35.9 Å².